The van der Waals surface area contributed by atoms with Gasteiger partial charge in [0.2, 0.25) is 0 Å². The van der Waals surface area contributed by atoms with Crippen molar-refractivity contribution in [2.75, 3.05) is 37.6 Å². The average Bonchev–Trinajstić information content (AvgIpc) is 2.61. The van der Waals surface area contributed by atoms with Crippen LogP contribution in [-0.4, -0.2) is 37.6 Å². The lowest BCUT2D eigenvalue weighted by Gasteiger charge is -2.38. The van der Waals surface area contributed by atoms with E-state index in [1.54, 1.807) is 5.56 Å². The molecule has 0 aromatic heterocycles. The Labute approximate surface area is 136 Å². The topological polar surface area (TPSA) is 6.48 Å². The molecule has 1 aliphatic carbocycles. The summed E-state index contributed by atoms with van der Waals surface area (Å²) in [6.45, 7) is 8.45. The maximum Gasteiger partial charge on any atom is 0.0402 e. The van der Waals surface area contributed by atoms with Crippen molar-refractivity contribution in [1.82, 2.24) is 4.90 Å². The zero-order chi connectivity index (χ0) is 15.2. The van der Waals surface area contributed by atoms with E-state index in [1.165, 1.54) is 83.4 Å². The van der Waals surface area contributed by atoms with Gasteiger partial charge in [0.05, 0.1) is 0 Å². The van der Waals surface area contributed by atoms with Crippen molar-refractivity contribution in [3.05, 3.63) is 29.8 Å². The smallest absolute Gasteiger partial charge is 0.0402 e. The Hall–Kier alpha value is -1.02. The van der Waals surface area contributed by atoms with Crippen LogP contribution in [0, 0.1) is 0 Å². The van der Waals surface area contributed by atoms with Crippen LogP contribution in [-0.2, 0) is 0 Å². The molecule has 1 saturated heterocycles. The van der Waals surface area contributed by atoms with Crippen LogP contribution >= 0.6 is 0 Å². The number of benzene rings is 1. The molecule has 22 heavy (non-hydrogen) atoms. The molecule has 0 atom stereocenters. The minimum atomic E-state index is 0.808. The maximum atomic E-state index is 2.65. The minimum absolute atomic E-state index is 0.808. The molecule has 2 aliphatic rings. The van der Waals surface area contributed by atoms with Crippen molar-refractivity contribution in [2.24, 2.45) is 0 Å². The number of nitrogens with zero attached hydrogens (tertiary/aromatic N) is 2. The molecule has 122 valence electrons. The van der Waals surface area contributed by atoms with Crippen molar-refractivity contribution in [2.45, 2.75) is 57.8 Å². The van der Waals surface area contributed by atoms with Gasteiger partial charge in [-0.15, -0.1) is 0 Å². The van der Waals surface area contributed by atoms with Gasteiger partial charge in [-0.05, 0) is 43.4 Å². The fraction of sp³-hybridized carbons (Fsp3) is 0.700. The van der Waals surface area contributed by atoms with Crippen molar-refractivity contribution < 1.29 is 0 Å². The van der Waals surface area contributed by atoms with Crippen LogP contribution < -0.4 is 4.90 Å². The molecule has 1 aromatic carbocycles. The first kappa shape index (κ1) is 15.9. The fourth-order valence-electron chi connectivity index (χ4n) is 4.13. The monoisotopic (exact) mass is 300 g/mol. The van der Waals surface area contributed by atoms with Gasteiger partial charge in [-0.25, -0.2) is 0 Å². The largest absolute Gasteiger partial charge is 0.369 e. The number of para-hydroxylation sites is 1. The summed E-state index contributed by atoms with van der Waals surface area (Å²) < 4.78 is 0. The van der Waals surface area contributed by atoms with Gasteiger partial charge >= 0.3 is 0 Å². The summed E-state index contributed by atoms with van der Waals surface area (Å²) in [5.74, 6) is 0.808. The molecule has 0 unspecified atom stereocenters. The van der Waals surface area contributed by atoms with Crippen LogP contribution in [0.15, 0.2) is 24.3 Å². The summed E-state index contributed by atoms with van der Waals surface area (Å²) >= 11 is 0. The van der Waals surface area contributed by atoms with E-state index in [0.29, 0.717) is 0 Å². The van der Waals surface area contributed by atoms with E-state index in [2.05, 4.69) is 41.0 Å². The van der Waals surface area contributed by atoms with E-state index in [0.717, 1.165) is 5.92 Å². The molecular formula is C20H32N2. The van der Waals surface area contributed by atoms with E-state index < -0.39 is 0 Å². The molecule has 1 saturated carbocycles. The predicted molar refractivity (Wildman–Crippen MR) is 95.8 cm³/mol. The number of rotatable bonds is 5. The third kappa shape index (κ3) is 3.84. The number of hydrogen-bond acceptors (Lipinski definition) is 2. The maximum absolute atomic E-state index is 2.65. The molecule has 0 bridgehead atoms. The minimum Gasteiger partial charge on any atom is -0.369 e. The van der Waals surface area contributed by atoms with Crippen LogP contribution in [0.4, 0.5) is 5.69 Å². The number of piperazine rings is 1. The van der Waals surface area contributed by atoms with Crippen molar-refractivity contribution >= 4 is 5.69 Å². The lowest BCUT2D eigenvalue weighted by atomic mass is 9.83. The highest BCUT2D eigenvalue weighted by molar-refractivity contribution is 5.55. The van der Waals surface area contributed by atoms with Crippen molar-refractivity contribution in [3.8, 4) is 0 Å². The molecule has 2 nitrogen and oxygen atoms in total. The van der Waals surface area contributed by atoms with Crippen molar-refractivity contribution in [1.29, 1.82) is 0 Å². The summed E-state index contributed by atoms with van der Waals surface area (Å²) in [7, 11) is 0. The van der Waals surface area contributed by atoms with Crippen LogP contribution in [0.2, 0.25) is 0 Å². The van der Waals surface area contributed by atoms with Gasteiger partial charge in [-0.2, -0.15) is 0 Å². The summed E-state index contributed by atoms with van der Waals surface area (Å²) in [5.41, 5.74) is 3.16. The Balaban J connectivity index is 1.65. The molecule has 2 fully saturated rings. The second kappa shape index (κ2) is 8.01. The van der Waals surface area contributed by atoms with Crippen molar-refractivity contribution in [3.63, 3.8) is 0 Å². The fourth-order valence-corrected chi connectivity index (χ4v) is 4.13. The Morgan fingerprint density at radius 1 is 0.955 bits per heavy atom. The molecule has 0 radical (unpaired) electrons. The van der Waals surface area contributed by atoms with Crippen LogP contribution in [0.5, 0.6) is 0 Å². The molecule has 0 spiro atoms. The average molecular weight is 300 g/mol. The molecule has 2 heteroatoms. The van der Waals surface area contributed by atoms with E-state index >= 15 is 0 Å². The molecule has 0 N–H and O–H groups in total. The molecular weight excluding hydrogens is 268 g/mol. The van der Waals surface area contributed by atoms with Crippen LogP contribution in [0.25, 0.3) is 0 Å². The van der Waals surface area contributed by atoms with Gasteiger partial charge in [-0.1, -0.05) is 50.8 Å². The van der Waals surface area contributed by atoms with Crippen LogP contribution in [0.3, 0.4) is 0 Å². The number of unbranched alkanes of at least 4 members (excludes halogenated alkanes) is 1. The van der Waals surface area contributed by atoms with Crippen LogP contribution in [0.1, 0.15) is 63.4 Å². The second-order valence-corrected chi connectivity index (χ2v) is 7.08. The van der Waals surface area contributed by atoms with Gasteiger partial charge in [0.15, 0.2) is 0 Å². The second-order valence-electron chi connectivity index (χ2n) is 7.08. The highest BCUT2D eigenvalue weighted by Crippen LogP contribution is 2.37. The molecule has 3 rings (SSSR count). The quantitative estimate of drug-likeness (QED) is 0.780. The standard InChI is InChI=1S/C20H32N2/c1-2-3-13-21-14-16-22(17-15-21)20-12-8-7-11-19(20)18-9-5-4-6-10-18/h7-8,11-12,18H,2-6,9-10,13-17H2,1H3. The summed E-state index contributed by atoms with van der Waals surface area (Å²) in [6, 6.07) is 9.23. The van der Waals surface area contributed by atoms with E-state index in [4.69, 9.17) is 0 Å². The van der Waals surface area contributed by atoms with Gasteiger partial charge < -0.3 is 4.90 Å². The molecule has 1 aliphatic heterocycles. The highest BCUT2D eigenvalue weighted by atomic mass is 15.3. The first-order valence-electron chi connectivity index (χ1n) is 9.44. The summed E-state index contributed by atoms with van der Waals surface area (Å²) in [4.78, 5) is 5.29. The Kier molecular flexibility index (Phi) is 5.77. The Morgan fingerprint density at radius 3 is 2.41 bits per heavy atom. The zero-order valence-electron chi connectivity index (χ0n) is 14.3. The first-order valence-corrected chi connectivity index (χ1v) is 9.44. The van der Waals surface area contributed by atoms with Gasteiger partial charge in [0.25, 0.3) is 0 Å². The molecule has 0 amide bonds. The third-order valence-electron chi connectivity index (χ3n) is 5.52. The first-order chi connectivity index (χ1) is 10.9. The zero-order valence-corrected chi connectivity index (χ0v) is 14.3. The number of anilines is 1. The molecule has 1 aromatic rings. The SMILES string of the molecule is CCCCN1CCN(c2ccccc2C2CCCCC2)CC1. The van der Waals surface area contributed by atoms with E-state index in [9.17, 15) is 0 Å². The highest BCUT2D eigenvalue weighted by Gasteiger charge is 2.23. The number of hydrogen-bond donors (Lipinski definition) is 0. The molecule has 1 heterocycles. The summed E-state index contributed by atoms with van der Waals surface area (Å²) in [5, 5.41) is 0. The van der Waals surface area contributed by atoms with E-state index in [-0.39, 0.29) is 0 Å². The lowest BCUT2D eigenvalue weighted by Crippen LogP contribution is -2.47. The Bertz CT molecular complexity index is 443. The summed E-state index contributed by atoms with van der Waals surface area (Å²) in [6.07, 6.45) is 9.73. The van der Waals surface area contributed by atoms with E-state index in [1.807, 2.05) is 0 Å². The predicted octanol–water partition coefficient (Wildman–Crippen LogP) is 4.66. The lowest BCUT2D eigenvalue weighted by molar-refractivity contribution is 0.254. The van der Waals surface area contributed by atoms with Gasteiger partial charge in [0, 0.05) is 31.9 Å². The third-order valence-corrected chi connectivity index (χ3v) is 5.52. The normalized spacial score (nSPS) is 21.2. The Morgan fingerprint density at radius 2 is 1.68 bits per heavy atom. The van der Waals surface area contributed by atoms with Gasteiger partial charge in [0.1, 0.15) is 0 Å². The van der Waals surface area contributed by atoms with Gasteiger partial charge in [-0.3, -0.25) is 4.90 Å².